The van der Waals surface area contributed by atoms with E-state index in [1.807, 2.05) is 0 Å². The first-order chi connectivity index (χ1) is 9.10. The highest BCUT2D eigenvalue weighted by molar-refractivity contribution is 6.42. The molecular formula is C14H18Cl2N2O. The van der Waals surface area contributed by atoms with Gasteiger partial charge in [0.2, 0.25) is 5.91 Å². The molecular weight excluding hydrogens is 283 g/mol. The first-order valence-electron chi connectivity index (χ1n) is 6.59. The van der Waals surface area contributed by atoms with Gasteiger partial charge in [-0.3, -0.25) is 4.79 Å². The molecule has 2 atom stereocenters. The fraction of sp³-hybridized carbons (Fsp3) is 0.500. The van der Waals surface area contributed by atoms with Crippen LogP contribution in [0.15, 0.2) is 18.2 Å². The number of hydrogen-bond acceptors (Lipinski definition) is 2. The van der Waals surface area contributed by atoms with Crippen molar-refractivity contribution in [2.24, 2.45) is 5.92 Å². The Morgan fingerprint density at radius 2 is 2.21 bits per heavy atom. The summed E-state index contributed by atoms with van der Waals surface area (Å²) in [6.45, 7) is 3.07. The minimum absolute atomic E-state index is 0.00320. The molecule has 0 aliphatic carbocycles. The van der Waals surface area contributed by atoms with Gasteiger partial charge in [-0.1, -0.05) is 36.5 Å². The summed E-state index contributed by atoms with van der Waals surface area (Å²) in [5, 5.41) is 7.07. The summed E-state index contributed by atoms with van der Waals surface area (Å²) in [4.78, 5) is 12.2. The number of carbonyl (C=O) groups excluding carboxylic acids is 1. The predicted octanol–water partition coefficient (Wildman–Crippen LogP) is 3.71. The van der Waals surface area contributed by atoms with Crippen molar-refractivity contribution in [1.29, 1.82) is 0 Å². The predicted molar refractivity (Wildman–Crippen MR) is 79.9 cm³/mol. The summed E-state index contributed by atoms with van der Waals surface area (Å²) < 4.78 is 0. The van der Waals surface area contributed by atoms with Crippen molar-refractivity contribution in [3.8, 4) is 0 Å². The van der Waals surface area contributed by atoms with Crippen LogP contribution in [0.3, 0.4) is 0 Å². The second-order valence-corrected chi connectivity index (χ2v) is 5.74. The van der Waals surface area contributed by atoms with Crippen molar-refractivity contribution in [2.45, 2.75) is 32.2 Å². The Bertz CT molecular complexity index is 465. The first kappa shape index (κ1) is 14.6. The molecule has 1 aromatic rings. The van der Waals surface area contributed by atoms with Crippen LogP contribution in [0, 0.1) is 5.92 Å². The van der Waals surface area contributed by atoms with E-state index < -0.39 is 0 Å². The maximum atomic E-state index is 12.2. The van der Waals surface area contributed by atoms with Crippen molar-refractivity contribution in [1.82, 2.24) is 5.32 Å². The van der Waals surface area contributed by atoms with Crippen LogP contribution < -0.4 is 10.6 Å². The molecule has 104 valence electrons. The number of nitrogens with one attached hydrogen (secondary N) is 2. The molecule has 1 aliphatic heterocycles. The lowest BCUT2D eigenvalue weighted by Gasteiger charge is -2.28. The average molecular weight is 301 g/mol. The number of benzene rings is 1. The fourth-order valence-electron chi connectivity index (χ4n) is 2.37. The molecule has 1 saturated heterocycles. The summed E-state index contributed by atoms with van der Waals surface area (Å²) >= 11 is 11.8. The van der Waals surface area contributed by atoms with Gasteiger partial charge in [0.15, 0.2) is 0 Å². The van der Waals surface area contributed by atoms with Gasteiger partial charge in [0.05, 0.1) is 16.1 Å². The molecule has 0 aromatic heterocycles. The zero-order valence-corrected chi connectivity index (χ0v) is 12.4. The summed E-state index contributed by atoms with van der Waals surface area (Å²) in [5.41, 5.74) is 0.680. The van der Waals surface area contributed by atoms with Crippen LogP contribution in [-0.4, -0.2) is 18.5 Å². The summed E-state index contributed by atoms with van der Waals surface area (Å²) in [6.07, 6.45) is 3.16. The number of amides is 1. The third kappa shape index (κ3) is 3.85. The second kappa shape index (κ2) is 6.60. The van der Waals surface area contributed by atoms with E-state index in [9.17, 15) is 4.79 Å². The van der Waals surface area contributed by atoms with E-state index in [0.29, 0.717) is 21.7 Å². The molecule has 1 aromatic carbocycles. The van der Waals surface area contributed by atoms with E-state index in [-0.39, 0.29) is 11.9 Å². The van der Waals surface area contributed by atoms with Crippen molar-refractivity contribution >= 4 is 34.8 Å². The molecule has 5 heteroatoms. The third-order valence-electron chi connectivity index (χ3n) is 3.59. The zero-order valence-electron chi connectivity index (χ0n) is 10.9. The van der Waals surface area contributed by atoms with Gasteiger partial charge >= 0.3 is 0 Å². The maximum Gasteiger partial charge on any atom is 0.241 e. The van der Waals surface area contributed by atoms with Gasteiger partial charge in [0.25, 0.3) is 0 Å². The van der Waals surface area contributed by atoms with Gasteiger partial charge in [0, 0.05) is 5.69 Å². The molecule has 0 bridgehead atoms. The third-order valence-corrected chi connectivity index (χ3v) is 4.33. The Morgan fingerprint density at radius 1 is 1.42 bits per heavy atom. The quantitative estimate of drug-likeness (QED) is 0.893. The van der Waals surface area contributed by atoms with Crippen LogP contribution in [-0.2, 0) is 4.79 Å². The highest BCUT2D eigenvalue weighted by Gasteiger charge is 2.25. The minimum atomic E-state index is -0.117. The molecule has 19 heavy (non-hydrogen) atoms. The van der Waals surface area contributed by atoms with Crippen molar-refractivity contribution in [3.63, 3.8) is 0 Å². The SMILES string of the molecule is CCC1CCNC(C(=O)Nc2ccc(Cl)c(Cl)c2)C1. The number of rotatable bonds is 3. The lowest BCUT2D eigenvalue weighted by molar-refractivity contribution is -0.119. The number of halogens is 2. The van der Waals surface area contributed by atoms with Crippen LogP contribution in [0.25, 0.3) is 0 Å². The standard InChI is InChI=1S/C14H18Cl2N2O/c1-2-9-5-6-17-13(7-9)14(19)18-10-3-4-11(15)12(16)8-10/h3-4,8-9,13,17H,2,5-7H2,1H3,(H,18,19). The van der Waals surface area contributed by atoms with E-state index in [1.165, 1.54) is 0 Å². The Hall–Kier alpha value is -0.770. The smallest absolute Gasteiger partial charge is 0.241 e. The molecule has 2 unspecified atom stereocenters. The molecule has 0 radical (unpaired) electrons. The summed E-state index contributed by atoms with van der Waals surface area (Å²) in [6, 6.07) is 4.99. The highest BCUT2D eigenvalue weighted by atomic mass is 35.5. The zero-order chi connectivity index (χ0) is 13.8. The fourth-order valence-corrected chi connectivity index (χ4v) is 2.67. The van der Waals surface area contributed by atoms with Crippen molar-refractivity contribution in [2.75, 3.05) is 11.9 Å². The Labute approximate surface area is 123 Å². The molecule has 0 spiro atoms. The van der Waals surface area contributed by atoms with Crippen LogP contribution in [0.1, 0.15) is 26.2 Å². The Balaban J connectivity index is 1.98. The molecule has 0 saturated carbocycles. The number of piperidine rings is 1. The minimum Gasteiger partial charge on any atom is -0.325 e. The van der Waals surface area contributed by atoms with Crippen LogP contribution >= 0.6 is 23.2 Å². The van der Waals surface area contributed by atoms with E-state index in [4.69, 9.17) is 23.2 Å². The normalized spacial score (nSPS) is 23.1. The highest BCUT2D eigenvalue weighted by Crippen LogP contribution is 2.26. The van der Waals surface area contributed by atoms with Crippen LogP contribution in [0.2, 0.25) is 10.0 Å². The summed E-state index contributed by atoms with van der Waals surface area (Å²) in [7, 11) is 0. The molecule has 1 heterocycles. The van der Waals surface area contributed by atoms with Crippen molar-refractivity contribution in [3.05, 3.63) is 28.2 Å². The van der Waals surface area contributed by atoms with Crippen molar-refractivity contribution < 1.29 is 4.79 Å². The van der Waals surface area contributed by atoms with Gasteiger partial charge in [-0.2, -0.15) is 0 Å². The topological polar surface area (TPSA) is 41.1 Å². The van der Waals surface area contributed by atoms with E-state index in [1.54, 1.807) is 18.2 Å². The van der Waals surface area contributed by atoms with Gasteiger partial charge in [-0.25, -0.2) is 0 Å². The lowest BCUT2D eigenvalue weighted by Crippen LogP contribution is -2.46. The Morgan fingerprint density at radius 3 is 2.89 bits per heavy atom. The van der Waals surface area contributed by atoms with Crippen LogP contribution in [0.4, 0.5) is 5.69 Å². The summed E-state index contributed by atoms with van der Waals surface area (Å²) in [5.74, 6) is 0.627. The monoisotopic (exact) mass is 300 g/mol. The molecule has 1 aliphatic rings. The van der Waals surface area contributed by atoms with Gasteiger partial charge in [0.1, 0.15) is 0 Å². The number of carbonyl (C=O) groups is 1. The average Bonchev–Trinajstić information content (AvgIpc) is 2.43. The molecule has 1 fully saturated rings. The van der Waals surface area contributed by atoms with E-state index >= 15 is 0 Å². The molecule has 2 rings (SSSR count). The van der Waals surface area contributed by atoms with E-state index in [2.05, 4.69) is 17.6 Å². The lowest BCUT2D eigenvalue weighted by atomic mass is 9.90. The number of anilines is 1. The van der Waals surface area contributed by atoms with Gasteiger partial charge in [-0.15, -0.1) is 0 Å². The maximum absolute atomic E-state index is 12.2. The van der Waals surface area contributed by atoms with E-state index in [0.717, 1.165) is 25.8 Å². The molecule has 1 amide bonds. The van der Waals surface area contributed by atoms with Crippen LogP contribution in [0.5, 0.6) is 0 Å². The molecule has 3 nitrogen and oxygen atoms in total. The first-order valence-corrected chi connectivity index (χ1v) is 7.35. The molecule has 2 N–H and O–H groups in total. The van der Waals surface area contributed by atoms with Gasteiger partial charge < -0.3 is 10.6 Å². The van der Waals surface area contributed by atoms with Gasteiger partial charge in [-0.05, 0) is 43.5 Å². The number of hydrogen-bond donors (Lipinski definition) is 2. The second-order valence-electron chi connectivity index (χ2n) is 4.92. The largest absolute Gasteiger partial charge is 0.325 e. The Kier molecular flexibility index (Phi) is 5.08.